The molecular weight excluding hydrogens is 513 g/mol. The zero-order valence-electron chi connectivity index (χ0n) is 22.1. The number of amides is 2. The first-order chi connectivity index (χ1) is 16.7. The lowest BCUT2D eigenvalue weighted by atomic mass is 10.00. The summed E-state index contributed by atoms with van der Waals surface area (Å²) in [6.07, 6.45) is 0. The van der Waals surface area contributed by atoms with E-state index in [0.717, 1.165) is 66.5 Å². The maximum Gasteiger partial charge on any atom is 0.262 e. The van der Waals surface area contributed by atoms with E-state index >= 15 is 0 Å². The number of hydrogen-bond acceptors (Lipinski definition) is 5. The lowest BCUT2D eigenvalue weighted by Gasteiger charge is -2.33. The van der Waals surface area contributed by atoms with E-state index in [1.54, 1.807) is 6.92 Å². The van der Waals surface area contributed by atoms with Gasteiger partial charge in [0.1, 0.15) is 11.6 Å². The van der Waals surface area contributed by atoms with Gasteiger partial charge in [-0.25, -0.2) is 4.98 Å². The van der Waals surface area contributed by atoms with Crippen LogP contribution in [0.15, 0.2) is 36.4 Å². The second-order valence-corrected chi connectivity index (χ2v) is 9.56. The molecule has 1 aliphatic heterocycles. The Balaban J connectivity index is 0.00000241. The van der Waals surface area contributed by atoms with Crippen LogP contribution >= 0.6 is 24.8 Å². The smallest absolute Gasteiger partial charge is 0.262 e. The molecule has 1 fully saturated rings. The van der Waals surface area contributed by atoms with Crippen molar-refractivity contribution in [2.45, 2.75) is 40.2 Å². The number of anilines is 1. The lowest BCUT2D eigenvalue weighted by Crippen LogP contribution is -2.47. The molecule has 0 radical (unpaired) electrons. The number of hydrogen-bond donors (Lipinski definition) is 1. The molecule has 0 atom stereocenters. The van der Waals surface area contributed by atoms with Gasteiger partial charge < -0.3 is 19.5 Å². The third kappa shape index (κ3) is 7.15. The molecule has 0 aliphatic carbocycles. The minimum Gasteiger partial charge on any atom is -0.483 e. The summed E-state index contributed by atoms with van der Waals surface area (Å²) in [6.45, 7) is 11.7. The van der Waals surface area contributed by atoms with Gasteiger partial charge in [-0.15, -0.1) is 24.8 Å². The van der Waals surface area contributed by atoms with E-state index in [0.29, 0.717) is 11.6 Å². The molecular formula is C27H37Cl2N5O3. The Hall–Kier alpha value is -2.81. The van der Waals surface area contributed by atoms with Gasteiger partial charge in [0.2, 0.25) is 5.91 Å². The molecule has 0 bridgehead atoms. The maximum absolute atomic E-state index is 12.6. The Kier molecular flexibility index (Phi) is 10.8. The number of ether oxygens (including phenoxy) is 1. The highest BCUT2D eigenvalue weighted by Gasteiger charge is 2.20. The number of piperazine rings is 1. The number of imidazole rings is 1. The summed E-state index contributed by atoms with van der Waals surface area (Å²) < 4.78 is 8.01. The number of rotatable bonds is 7. The van der Waals surface area contributed by atoms with Crippen LogP contribution in [0.25, 0.3) is 11.0 Å². The Morgan fingerprint density at radius 2 is 1.78 bits per heavy atom. The number of halogens is 2. The fraction of sp³-hybridized carbons (Fsp3) is 0.444. The summed E-state index contributed by atoms with van der Waals surface area (Å²) in [7, 11) is 2.01. The van der Waals surface area contributed by atoms with Gasteiger partial charge in [-0.2, -0.15) is 0 Å². The number of nitrogens with zero attached hydrogens (tertiary/aromatic N) is 4. The Bertz CT molecular complexity index is 1240. The highest BCUT2D eigenvalue weighted by molar-refractivity contribution is 5.94. The fourth-order valence-corrected chi connectivity index (χ4v) is 4.55. The number of nitrogens with one attached hydrogen (secondary N) is 1. The predicted molar refractivity (Wildman–Crippen MR) is 152 cm³/mol. The van der Waals surface area contributed by atoms with Crippen LogP contribution in [0, 0.1) is 6.92 Å². The van der Waals surface area contributed by atoms with E-state index in [1.165, 1.54) is 0 Å². The monoisotopic (exact) mass is 549 g/mol. The van der Waals surface area contributed by atoms with E-state index in [4.69, 9.17) is 9.72 Å². The van der Waals surface area contributed by atoms with Crippen molar-refractivity contribution in [3.63, 3.8) is 0 Å². The van der Waals surface area contributed by atoms with Gasteiger partial charge in [-0.05, 0) is 42.2 Å². The highest BCUT2D eigenvalue weighted by atomic mass is 35.5. The standard InChI is InChI=1S/C27H35N5O3.2ClH/c1-18(2)22-8-6-7-19(3)27(22)35-17-26(34)28-21-9-10-24-23(15-21)29-25(30(24)5)16-31-11-13-32(14-12-31)20(4)33;;/h6-10,15,18H,11-14,16-17H2,1-5H3,(H,28,34);2*1H. The zero-order valence-corrected chi connectivity index (χ0v) is 23.7. The van der Waals surface area contributed by atoms with Crippen molar-refractivity contribution in [3.05, 3.63) is 53.3 Å². The molecule has 1 N–H and O–H groups in total. The van der Waals surface area contributed by atoms with Crippen molar-refractivity contribution < 1.29 is 14.3 Å². The first-order valence-electron chi connectivity index (χ1n) is 12.2. The lowest BCUT2D eigenvalue weighted by molar-refractivity contribution is -0.130. The van der Waals surface area contributed by atoms with Crippen LogP contribution < -0.4 is 10.1 Å². The van der Waals surface area contributed by atoms with Crippen LogP contribution in [0.5, 0.6) is 5.75 Å². The molecule has 10 heteroatoms. The van der Waals surface area contributed by atoms with Crippen molar-refractivity contribution in [1.29, 1.82) is 0 Å². The molecule has 37 heavy (non-hydrogen) atoms. The predicted octanol–water partition coefficient (Wildman–Crippen LogP) is 4.53. The molecule has 2 amide bonds. The normalized spacial score (nSPS) is 13.7. The molecule has 202 valence electrons. The molecule has 0 unspecified atom stereocenters. The Labute approximate surface area is 231 Å². The van der Waals surface area contributed by atoms with Crippen LogP contribution in [-0.4, -0.2) is 64.0 Å². The Morgan fingerprint density at radius 3 is 2.43 bits per heavy atom. The van der Waals surface area contributed by atoms with E-state index in [1.807, 2.05) is 55.3 Å². The van der Waals surface area contributed by atoms with E-state index in [9.17, 15) is 9.59 Å². The average molecular weight is 551 g/mol. The molecule has 0 spiro atoms. The van der Waals surface area contributed by atoms with E-state index < -0.39 is 0 Å². The quantitative estimate of drug-likeness (QED) is 0.468. The van der Waals surface area contributed by atoms with Crippen molar-refractivity contribution in [2.75, 3.05) is 38.1 Å². The number of carbonyl (C=O) groups is 2. The van der Waals surface area contributed by atoms with Crippen LogP contribution in [0.1, 0.15) is 43.6 Å². The second kappa shape index (κ2) is 13.1. The molecule has 4 rings (SSSR count). The van der Waals surface area contributed by atoms with Crippen molar-refractivity contribution in [3.8, 4) is 5.75 Å². The number of fused-ring (bicyclic) bond motifs is 1. The number of aryl methyl sites for hydroxylation is 2. The van der Waals surface area contributed by atoms with Crippen LogP contribution in [0.2, 0.25) is 0 Å². The fourth-order valence-electron chi connectivity index (χ4n) is 4.55. The molecule has 2 aromatic carbocycles. The van der Waals surface area contributed by atoms with Crippen LogP contribution in [-0.2, 0) is 23.2 Å². The summed E-state index contributed by atoms with van der Waals surface area (Å²) in [5.74, 6) is 1.98. The van der Waals surface area contributed by atoms with Crippen LogP contribution in [0.4, 0.5) is 5.69 Å². The van der Waals surface area contributed by atoms with Gasteiger partial charge >= 0.3 is 0 Å². The number of para-hydroxylation sites is 1. The molecule has 2 heterocycles. The highest BCUT2D eigenvalue weighted by Crippen LogP contribution is 2.29. The summed E-state index contributed by atoms with van der Waals surface area (Å²) in [4.78, 5) is 33.2. The summed E-state index contributed by atoms with van der Waals surface area (Å²) in [6, 6.07) is 11.8. The Morgan fingerprint density at radius 1 is 1.08 bits per heavy atom. The van der Waals surface area contributed by atoms with E-state index in [-0.39, 0.29) is 43.2 Å². The van der Waals surface area contributed by atoms with Crippen molar-refractivity contribution in [1.82, 2.24) is 19.4 Å². The zero-order chi connectivity index (χ0) is 25.1. The topological polar surface area (TPSA) is 79.7 Å². The largest absolute Gasteiger partial charge is 0.483 e. The van der Waals surface area contributed by atoms with Crippen molar-refractivity contribution >= 4 is 53.3 Å². The van der Waals surface area contributed by atoms with Crippen LogP contribution in [0.3, 0.4) is 0 Å². The first-order valence-corrected chi connectivity index (χ1v) is 12.2. The number of aromatic nitrogens is 2. The van der Waals surface area contributed by atoms with E-state index in [2.05, 4.69) is 28.6 Å². The minimum atomic E-state index is -0.207. The van der Waals surface area contributed by atoms with Gasteiger partial charge in [0.25, 0.3) is 5.91 Å². The molecule has 0 saturated carbocycles. The van der Waals surface area contributed by atoms with Gasteiger partial charge in [0.05, 0.1) is 17.6 Å². The summed E-state index contributed by atoms with van der Waals surface area (Å²) in [5.41, 5.74) is 4.67. The van der Waals surface area contributed by atoms with Gasteiger partial charge in [-0.1, -0.05) is 32.0 Å². The average Bonchev–Trinajstić information content (AvgIpc) is 3.12. The molecule has 1 saturated heterocycles. The first kappa shape index (κ1) is 30.4. The summed E-state index contributed by atoms with van der Waals surface area (Å²) >= 11 is 0. The van der Waals surface area contributed by atoms with Gasteiger partial charge in [-0.3, -0.25) is 14.5 Å². The van der Waals surface area contributed by atoms with Gasteiger partial charge in [0.15, 0.2) is 6.61 Å². The maximum atomic E-state index is 12.6. The number of benzene rings is 2. The molecule has 1 aromatic heterocycles. The second-order valence-electron chi connectivity index (χ2n) is 9.56. The third-order valence-electron chi connectivity index (χ3n) is 6.65. The number of carbonyl (C=O) groups excluding carboxylic acids is 2. The molecule has 1 aliphatic rings. The SMILES string of the molecule is CC(=O)N1CCN(Cc2nc3cc(NC(=O)COc4c(C)cccc4C(C)C)ccc3n2C)CC1.Cl.Cl. The van der Waals surface area contributed by atoms with Gasteiger partial charge in [0, 0.05) is 45.8 Å². The third-order valence-corrected chi connectivity index (χ3v) is 6.65. The molecule has 3 aromatic rings. The van der Waals surface area contributed by atoms with Crippen molar-refractivity contribution in [2.24, 2.45) is 7.05 Å². The minimum absolute atomic E-state index is 0. The molecule has 8 nitrogen and oxygen atoms in total. The summed E-state index contributed by atoms with van der Waals surface area (Å²) in [5, 5.41) is 2.94.